The Bertz CT molecular complexity index is 305. The molecule has 1 saturated heterocycles. The van der Waals surface area contributed by atoms with Crippen LogP contribution in [-0.4, -0.2) is 31.6 Å². The molecule has 1 aromatic carbocycles. The number of nitrogens with zero attached hydrogens (tertiary/aromatic N) is 1. The van der Waals surface area contributed by atoms with Gasteiger partial charge in [0.2, 0.25) is 0 Å². The smallest absolute Gasteiger partial charge is 0.0449 e. The molecule has 1 aliphatic heterocycles. The number of rotatable bonds is 2. The van der Waals surface area contributed by atoms with Crippen molar-refractivity contribution in [1.82, 2.24) is 10.2 Å². The zero-order valence-electron chi connectivity index (χ0n) is 9.66. The minimum absolute atomic E-state index is 0.509. The van der Waals surface area contributed by atoms with Gasteiger partial charge in [-0.15, -0.1) is 0 Å². The first-order valence-corrected chi connectivity index (χ1v) is 5.80. The fraction of sp³-hybridized carbons (Fsp3) is 0.538. The highest BCUT2D eigenvalue weighted by atomic mass is 15.2. The molecule has 1 atom stereocenters. The van der Waals surface area contributed by atoms with E-state index in [0.29, 0.717) is 6.04 Å². The van der Waals surface area contributed by atoms with Gasteiger partial charge in [-0.1, -0.05) is 31.2 Å². The molecule has 0 bridgehead atoms. The van der Waals surface area contributed by atoms with Gasteiger partial charge in [0.1, 0.15) is 0 Å². The van der Waals surface area contributed by atoms with Gasteiger partial charge in [0.25, 0.3) is 0 Å². The number of benzene rings is 1. The maximum absolute atomic E-state index is 3.56. The fourth-order valence-corrected chi connectivity index (χ4v) is 2.11. The third-order valence-corrected chi connectivity index (χ3v) is 3.17. The Morgan fingerprint density at radius 2 is 2.07 bits per heavy atom. The lowest BCUT2D eigenvalue weighted by Crippen LogP contribution is -2.43. The van der Waals surface area contributed by atoms with Crippen LogP contribution in [0.3, 0.4) is 0 Å². The highest BCUT2D eigenvalue weighted by Gasteiger charge is 2.17. The minimum Gasteiger partial charge on any atom is -0.308 e. The van der Waals surface area contributed by atoms with E-state index >= 15 is 0 Å². The van der Waals surface area contributed by atoms with Gasteiger partial charge in [-0.2, -0.15) is 0 Å². The first-order chi connectivity index (χ1) is 7.29. The van der Waals surface area contributed by atoms with E-state index in [0.717, 1.165) is 26.1 Å². The summed E-state index contributed by atoms with van der Waals surface area (Å²) in [6.45, 7) is 5.56. The largest absolute Gasteiger partial charge is 0.308 e. The van der Waals surface area contributed by atoms with E-state index in [1.54, 1.807) is 0 Å². The standard InChI is InChI=1S/C13H20N2/c1-3-11-4-6-12(7-5-11)13-10-15(2)9-8-14-13/h4-7,13-14H,3,8-10H2,1-2H3. The number of hydrogen-bond donors (Lipinski definition) is 1. The summed E-state index contributed by atoms with van der Waals surface area (Å²) in [6, 6.07) is 9.51. The zero-order chi connectivity index (χ0) is 10.7. The fourth-order valence-electron chi connectivity index (χ4n) is 2.11. The summed E-state index contributed by atoms with van der Waals surface area (Å²) in [5.74, 6) is 0. The van der Waals surface area contributed by atoms with E-state index in [1.165, 1.54) is 11.1 Å². The van der Waals surface area contributed by atoms with Crippen molar-refractivity contribution in [3.8, 4) is 0 Å². The van der Waals surface area contributed by atoms with Gasteiger partial charge in [-0.25, -0.2) is 0 Å². The Balaban J connectivity index is 2.07. The van der Waals surface area contributed by atoms with Crippen molar-refractivity contribution < 1.29 is 0 Å². The molecule has 15 heavy (non-hydrogen) atoms. The molecule has 1 unspecified atom stereocenters. The highest BCUT2D eigenvalue weighted by Crippen LogP contribution is 2.17. The summed E-state index contributed by atoms with van der Waals surface area (Å²) < 4.78 is 0. The molecule has 0 radical (unpaired) electrons. The zero-order valence-corrected chi connectivity index (χ0v) is 9.66. The summed E-state index contributed by atoms with van der Waals surface area (Å²) in [7, 11) is 2.19. The van der Waals surface area contributed by atoms with Gasteiger partial charge in [-0.3, -0.25) is 0 Å². The molecule has 0 saturated carbocycles. The quantitative estimate of drug-likeness (QED) is 0.790. The van der Waals surface area contributed by atoms with Crippen LogP contribution in [-0.2, 0) is 6.42 Å². The Kier molecular flexibility index (Phi) is 3.39. The molecule has 2 heteroatoms. The van der Waals surface area contributed by atoms with Gasteiger partial charge in [0.05, 0.1) is 0 Å². The third-order valence-electron chi connectivity index (χ3n) is 3.17. The topological polar surface area (TPSA) is 15.3 Å². The van der Waals surface area contributed by atoms with Crippen LogP contribution in [0.25, 0.3) is 0 Å². The first-order valence-electron chi connectivity index (χ1n) is 5.80. The van der Waals surface area contributed by atoms with Crippen molar-refractivity contribution in [3.05, 3.63) is 35.4 Å². The van der Waals surface area contributed by atoms with Gasteiger partial charge >= 0.3 is 0 Å². The summed E-state index contributed by atoms with van der Waals surface area (Å²) >= 11 is 0. The Morgan fingerprint density at radius 1 is 1.33 bits per heavy atom. The molecular formula is C13H20N2. The molecule has 1 aliphatic rings. The molecule has 1 N–H and O–H groups in total. The highest BCUT2D eigenvalue weighted by molar-refractivity contribution is 5.25. The number of piperazine rings is 1. The van der Waals surface area contributed by atoms with E-state index in [2.05, 4.69) is 48.5 Å². The van der Waals surface area contributed by atoms with Crippen molar-refractivity contribution in [2.45, 2.75) is 19.4 Å². The third kappa shape index (κ3) is 2.58. The van der Waals surface area contributed by atoms with Gasteiger partial charge in [-0.05, 0) is 24.6 Å². The molecule has 1 fully saturated rings. The summed E-state index contributed by atoms with van der Waals surface area (Å²) in [5, 5.41) is 3.56. The van der Waals surface area contributed by atoms with E-state index in [1.807, 2.05) is 0 Å². The van der Waals surface area contributed by atoms with Crippen molar-refractivity contribution in [1.29, 1.82) is 0 Å². The van der Waals surface area contributed by atoms with Crippen LogP contribution in [0, 0.1) is 0 Å². The molecular weight excluding hydrogens is 184 g/mol. The Morgan fingerprint density at radius 3 is 2.67 bits per heavy atom. The van der Waals surface area contributed by atoms with E-state index in [4.69, 9.17) is 0 Å². The minimum atomic E-state index is 0.509. The summed E-state index contributed by atoms with van der Waals surface area (Å²) in [5.41, 5.74) is 2.83. The molecule has 0 aromatic heterocycles. The van der Waals surface area contributed by atoms with E-state index in [9.17, 15) is 0 Å². The number of likely N-dealkylation sites (N-methyl/N-ethyl adjacent to an activating group) is 1. The van der Waals surface area contributed by atoms with Crippen LogP contribution in [0.15, 0.2) is 24.3 Å². The van der Waals surface area contributed by atoms with Crippen LogP contribution in [0.4, 0.5) is 0 Å². The molecule has 2 rings (SSSR count). The maximum Gasteiger partial charge on any atom is 0.0449 e. The van der Waals surface area contributed by atoms with Crippen LogP contribution in [0.5, 0.6) is 0 Å². The predicted molar refractivity (Wildman–Crippen MR) is 64.1 cm³/mol. The molecule has 0 amide bonds. The SMILES string of the molecule is CCc1ccc(C2CN(C)CCN2)cc1. The second-order valence-electron chi connectivity index (χ2n) is 4.36. The molecule has 1 aromatic rings. The monoisotopic (exact) mass is 204 g/mol. The second kappa shape index (κ2) is 4.77. The lowest BCUT2D eigenvalue weighted by molar-refractivity contribution is 0.241. The van der Waals surface area contributed by atoms with E-state index in [-0.39, 0.29) is 0 Å². The number of nitrogens with one attached hydrogen (secondary N) is 1. The molecule has 1 heterocycles. The average Bonchev–Trinajstić information content (AvgIpc) is 2.29. The summed E-state index contributed by atoms with van der Waals surface area (Å²) in [4.78, 5) is 2.38. The molecule has 0 aliphatic carbocycles. The van der Waals surface area contributed by atoms with Crippen molar-refractivity contribution in [3.63, 3.8) is 0 Å². The number of aryl methyl sites for hydroxylation is 1. The summed E-state index contributed by atoms with van der Waals surface area (Å²) in [6.07, 6.45) is 1.12. The van der Waals surface area contributed by atoms with Crippen molar-refractivity contribution in [2.75, 3.05) is 26.7 Å². The predicted octanol–water partition coefficient (Wildman–Crippen LogP) is 1.83. The van der Waals surface area contributed by atoms with Gasteiger partial charge in [0.15, 0.2) is 0 Å². The van der Waals surface area contributed by atoms with Gasteiger partial charge < -0.3 is 10.2 Å². The van der Waals surface area contributed by atoms with Crippen LogP contribution in [0.1, 0.15) is 24.1 Å². The van der Waals surface area contributed by atoms with Gasteiger partial charge in [0, 0.05) is 25.7 Å². The average molecular weight is 204 g/mol. The van der Waals surface area contributed by atoms with Crippen molar-refractivity contribution in [2.24, 2.45) is 0 Å². The Labute approximate surface area is 92.3 Å². The van der Waals surface area contributed by atoms with Crippen LogP contribution in [0.2, 0.25) is 0 Å². The lowest BCUT2D eigenvalue weighted by Gasteiger charge is -2.31. The van der Waals surface area contributed by atoms with Crippen LogP contribution < -0.4 is 5.32 Å². The molecule has 0 spiro atoms. The number of hydrogen-bond acceptors (Lipinski definition) is 2. The van der Waals surface area contributed by atoms with Crippen LogP contribution >= 0.6 is 0 Å². The van der Waals surface area contributed by atoms with E-state index < -0.39 is 0 Å². The second-order valence-corrected chi connectivity index (χ2v) is 4.36. The lowest BCUT2D eigenvalue weighted by atomic mass is 10.0. The molecule has 2 nitrogen and oxygen atoms in total. The Hall–Kier alpha value is -0.860. The van der Waals surface area contributed by atoms with Crippen molar-refractivity contribution >= 4 is 0 Å². The molecule has 82 valence electrons. The first kappa shape index (κ1) is 10.7. The normalized spacial score (nSPS) is 22.9. The maximum atomic E-state index is 3.56.